The van der Waals surface area contributed by atoms with Crippen molar-refractivity contribution in [3.63, 3.8) is 0 Å². The zero-order valence-electron chi connectivity index (χ0n) is 21.5. The number of hydrogen-bond donors (Lipinski definition) is 0. The first-order valence-electron chi connectivity index (χ1n) is 13.1. The Morgan fingerprint density at radius 2 is 1.29 bits per heavy atom. The van der Waals surface area contributed by atoms with Crippen molar-refractivity contribution >= 4 is 5.97 Å². The van der Waals surface area contributed by atoms with Gasteiger partial charge >= 0.3 is 5.97 Å². The summed E-state index contributed by atoms with van der Waals surface area (Å²) in [4.78, 5) is 12.4. The van der Waals surface area contributed by atoms with E-state index in [1.54, 1.807) is 12.1 Å². The third kappa shape index (κ3) is 7.78. The Balaban J connectivity index is 1.67. The summed E-state index contributed by atoms with van der Waals surface area (Å²) in [5.41, 5.74) is 3.84. The zero-order chi connectivity index (χ0) is 25.1. The number of alkyl halides is 1. The topological polar surface area (TPSA) is 26.3 Å². The molecule has 0 aliphatic heterocycles. The highest BCUT2D eigenvalue weighted by atomic mass is 19.1. The number of rotatable bonds is 13. The molecule has 0 saturated carbocycles. The lowest BCUT2D eigenvalue weighted by atomic mass is 9.93. The highest BCUT2D eigenvalue weighted by Gasteiger charge is 2.34. The molecule has 186 valence electrons. The number of esters is 1. The molecule has 3 heteroatoms. The Hall–Kier alpha value is -2.94. The average Bonchev–Trinajstić information content (AvgIpc) is 2.88. The minimum Gasteiger partial charge on any atom is -0.424 e. The van der Waals surface area contributed by atoms with Gasteiger partial charge in [0.15, 0.2) is 0 Å². The molecular weight excluding hydrogens is 435 g/mol. The molecule has 0 saturated heterocycles. The Morgan fingerprint density at radius 1 is 0.743 bits per heavy atom. The summed E-state index contributed by atoms with van der Waals surface area (Å²) in [6.45, 7) is 5.68. The summed E-state index contributed by atoms with van der Waals surface area (Å²) in [5, 5.41) is 0. The molecule has 3 rings (SSSR count). The monoisotopic (exact) mass is 474 g/mol. The Kier molecular flexibility index (Phi) is 10.1. The van der Waals surface area contributed by atoms with Crippen LogP contribution < -0.4 is 4.74 Å². The van der Waals surface area contributed by atoms with E-state index in [2.05, 4.69) is 50.2 Å². The number of carbonyl (C=O) groups excluding carboxylic acids is 1. The van der Waals surface area contributed by atoms with Gasteiger partial charge in [-0.25, -0.2) is 9.18 Å². The minimum atomic E-state index is -1.97. The maximum Gasteiger partial charge on any atom is 0.348 e. The molecule has 0 aliphatic carbocycles. The van der Waals surface area contributed by atoms with Crippen molar-refractivity contribution in [3.8, 4) is 28.0 Å². The second kappa shape index (κ2) is 13.2. The van der Waals surface area contributed by atoms with Crippen LogP contribution in [0.4, 0.5) is 4.39 Å². The fraction of sp³-hybridized carbons (Fsp3) is 0.406. The first-order chi connectivity index (χ1) is 16.9. The second-order valence-corrected chi connectivity index (χ2v) is 9.62. The standard InChI is InChI=1S/C32H39FO2/c1-4-6-8-9-12-24-32(3,33)31(34)35-28-22-20-27(21-23-28)30-15-11-10-14-29(30)26-18-16-25(17-19-26)13-7-5-2/h10-11,14-23H,4-9,12-13,24H2,1-3H3. The van der Waals surface area contributed by atoms with E-state index in [0.29, 0.717) is 12.2 Å². The van der Waals surface area contributed by atoms with Crippen molar-refractivity contribution in [1.82, 2.24) is 0 Å². The van der Waals surface area contributed by atoms with E-state index in [4.69, 9.17) is 4.74 Å². The molecule has 0 aliphatic rings. The quantitative estimate of drug-likeness (QED) is 0.140. The number of hydrogen-bond acceptors (Lipinski definition) is 2. The lowest BCUT2D eigenvalue weighted by Gasteiger charge is -2.18. The lowest BCUT2D eigenvalue weighted by Crippen LogP contribution is -2.34. The maximum absolute atomic E-state index is 14.9. The number of carbonyl (C=O) groups is 1. The van der Waals surface area contributed by atoms with Crippen molar-refractivity contribution < 1.29 is 13.9 Å². The van der Waals surface area contributed by atoms with Gasteiger partial charge in [-0.1, -0.05) is 107 Å². The van der Waals surface area contributed by atoms with Gasteiger partial charge in [-0.2, -0.15) is 0 Å². The third-order valence-corrected chi connectivity index (χ3v) is 6.56. The number of halogens is 1. The Bertz CT molecular complexity index is 1050. The van der Waals surface area contributed by atoms with Crippen LogP contribution in [0.2, 0.25) is 0 Å². The molecule has 1 unspecified atom stereocenters. The van der Waals surface area contributed by atoms with Crippen LogP contribution in [-0.4, -0.2) is 11.6 Å². The van der Waals surface area contributed by atoms with Gasteiger partial charge in [0, 0.05) is 0 Å². The van der Waals surface area contributed by atoms with Crippen LogP contribution in [0.25, 0.3) is 22.3 Å². The van der Waals surface area contributed by atoms with Crippen molar-refractivity contribution in [2.24, 2.45) is 0 Å². The van der Waals surface area contributed by atoms with Crippen LogP contribution in [-0.2, 0) is 11.2 Å². The van der Waals surface area contributed by atoms with E-state index in [1.165, 1.54) is 30.9 Å². The molecule has 2 nitrogen and oxygen atoms in total. The molecule has 0 radical (unpaired) electrons. The maximum atomic E-state index is 14.9. The first kappa shape index (κ1) is 26.7. The first-order valence-corrected chi connectivity index (χ1v) is 13.1. The van der Waals surface area contributed by atoms with Crippen molar-refractivity contribution in [2.75, 3.05) is 0 Å². The summed E-state index contributed by atoms with van der Waals surface area (Å²) in [5.74, 6) is -0.448. The molecule has 3 aromatic carbocycles. The zero-order valence-corrected chi connectivity index (χ0v) is 21.5. The van der Waals surface area contributed by atoms with Crippen LogP contribution in [0.15, 0.2) is 72.8 Å². The van der Waals surface area contributed by atoms with E-state index < -0.39 is 11.6 Å². The average molecular weight is 475 g/mol. The number of ether oxygens (including phenoxy) is 1. The normalized spacial score (nSPS) is 12.8. The smallest absolute Gasteiger partial charge is 0.348 e. The second-order valence-electron chi connectivity index (χ2n) is 9.62. The van der Waals surface area contributed by atoms with E-state index in [9.17, 15) is 9.18 Å². The predicted octanol–water partition coefficient (Wildman–Crippen LogP) is 9.36. The van der Waals surface area contributed by atoms with Crippen molar-refractivity contribution in [1.29, 1.82) is 0 Å². The molecule has 0 N–H and O–H groups in total. The largest absolute Gasteiger partial charge is 0.424 e. The Labute approximate surface area is 210 Å². The molecule has 0 spiro atoms. The fourth-order valence-corrected chi connectivity index (χ4v) is 4.30. The van der Waals surface area contributed by atoms with Crippen LogP contribution in [0.5, 0.6) is 5.75 Å². The lowest BCUT2D eigenvalue weighted by molar-refractivity contribution is -0.147. The number of benzene rings is 3. The SMILES string of the molecule is CCCCCCCC(C)(F)C(=O)Oc1ccc(-c2ccccc2-c2ccc(CCCC)cc2)cc1. The van der Waals surface area contributed by atoms with Gasteiger partial charge in [0.25, 0.3) is 0 Å². The van der Waals surface area contributed by atoms with Crippen LogP contribution in [0.1, 0.15) is 77.7 Å². The predicted molar refractivity (Wildman–Crippen MR) is 144 cm³/mol. The van der Waals surface area contributed by atoms with Crippen molar-refractivity contribution in [2.45, 2.75) is 84.2 Å². The summed E-state index contributed by atoms with van der Waals surface area (Å²) in [6.07, 6.45) is 8.69. The molecule has 0 heterocycles. The van der Waals surface area contributed by atoms with E-state index in [-0.39, 0.29) is 6.42 Å². The molecule has 0 aromatic heterocycles. The fourth-order valence-electron chi connectivity index (χ4n) is 4.30. The van der Waals surface area contributed by atoms with Gasteiger partial charge in [-0.05, 0) is 72.6 Å². The number of aryl methyl sites for hydroxylation is 1. The summed E-state index contributed by atoms with van der Waals surface area (Å²) < 4.78 is 20.3. The molecule has 1 atom stereocenters. The molecule has 0 amide bonds. The van der Waals surface area contributed by atoms with E-state index in [0.717, 1.165) is 48.8 Å². The molecular formula is C32H39FO2. The van der Waals surface area contributed by atoms with Crippen LogP contribution in [0, 0.1) is 0 Å². The summed E-state index contributed by atoms with van der Waals surface area (Å²) >= 11 is 0. The molecule has 3 aromatic rings. The summed E-state index contributed by atoms with van der Waals surface area (Å²) in [6, 6.07) is 24.4. The minimum absolute atomic E-state index is 0.193. The van der Waals surface area contributed by atoms with E-state index >= 15 is 0 Å². The molecule has 0 fully saturated rings. The summed E-state index contributed by atoms with van der Waals surface area (Å²) in [7, 11) is 0. The Morgan fingerprint density at radius 3 is 1.86 bits per heavy atom. The highest BCUT2D eigenvalue weighted by Crippen LogP contribution is 2.33. The van der Waals surface area contributed by atoms with Crippen LogP contribution in [0.3, 0.4) is 0 Å². The van der Waals surface area contributed by atoms with E-state index in [1.807, 2.05) is 24.3 Å². The van der Waals surface area contributed by atoms with Gasteiger partial charge < -0.3 is 4.74 Å². The molecule has 0 bridgehead atoms. The van der Waals surface area contributed by atoms with Crippen molar-refractivity contribution in [3.05, 3.63) is 78.4 Å². The third-order valence-electron chi connectivity index (χ3n) is 6.56. The number of unbranched alkanes of at least 4 members (excludes halogenated alkanes) is 5. The van der Waals surface area contributed by atoms with Gasteiger partial charge in [0.1, 0.15) is 5.75 Å². The van der Waals surface area contributed by atoms with Gasteiger partial charge in [0.05, 0.1) is 0 Å². The van der Waals surface area contributed by atoms with Gasteiger partial charge in [0.2, 0.25) is 5.67 Å². The highest BCUT2D eigenvalue weighted by molar-refractivity contribution is 5.84. The van der Waals surface area contributed by atoms with Gasteiger partial charge in [-0.15, -0.1) is 0 Å². The molecule has 35 heavy (non-hydrogen) atoms. The van der Waals surface area contributed by atoms with Crippen LogP contribution >= 0.6 is 0 Å². The van der Waals surface area contributed by atoms with Gasteiger partial charge in [-0.3, -0.25) is 0 Å².